The van der Waals surface area contributed by atoms with E-state index >= 15 is 0 Å². The molecule has 0 aliphatic heterocycles. The number of hydrogen-bond acceptors (Lipinski definition) is 6. The Bertz CT molecular complexity index is 1280. The number of hydrogen-bond donors (Lipinski definition) is 3. The number of nitroso groups, excluding NO2 is 1. The molecule has 0 unspecified atom stereocenters. The molecule has 2 amide bonds. The van der Waals surface area contributed by atoms with E-state index in [4.69, 9.17) is 22.1 Å². The van der Waals surface area contributed by atoms with Crippen molar-refractivity contribution in [2.45, 2.75) is 12.4 Å². The topological polar surface area (TPSA) is 119 Å². The fraction of sp³-hybridized carbons (Fsp3) is 0.100. The summed E-state index contributed by atoms with van der Waals surface area (Å²) in [4.78, 5) is 26.9. The molecule has 184 valence electrons. The number of anilines is 3. The third-order valence-electron chi connectivity index (χ3n) is 4.26. The zero-order valence-corrected chi connectivity index (χ0v) is 17.7. The maximum Gasteiger partial charge on any atom is 0.417 e. The van der Waals surface area contributed by atoms with Crippen molar-refractivity contribution in [3.8, 4) is 11.5 Å². The number of carbonyl (C=O) groups excluding carboxylic acids is 1. The molecule has 4 N–H and O–H groups in total. The van der Waals surface area contributed by atoms with Crippen molar-refractivity contribution in [1.82, 2.24) is 4.98 Å². The third kappa shape index (κ3) is 6.29. The van der Waals surface area contributed by atoms with Crippen LogP contribution in [-0.2, 0) is 12.4 Å². The number of rotatable bonds is 5. The van der Waals surface area contributed by atoms with Gasteiger partial charge in [-0.15, -0.1) is 4.91 Å². The Morgan fingerprint density at radius 3 is 2.29 bits per heavy atom. The van der Waals surface area contributed by atoms with Crippen LogP contribution in [-0.4, -0.2) is 11.0 Å². The molecule has 3 aromatic rings. The number of ether oxygens (including phenoxy) is 1. The second-order valence-corrected chi connectivity index (χ2v) is 7.16. The molecule has 0 aliphatic carbocycles. The standard InChI is InChI=1S/C20H12ClF6N5O3/c21-14-2-1-10(8-13(14)20(25,26)27)30-18(33)31-11-5-9(19(22,23)24)6-12(7-11)35-15-3-4-29-17(28)16(15)32-34/h1-8H,(H2,28,29)(H2,30,31,33). The highest BCUT2D eigenvalue weighted by atomic mass is 35.5. The van der Waals surface area contributed by atoms with Gasteiger partial charge in [-0.05, 0) is 35.5 Å². The van der Waals surface area contributed by atoms with E-state index < -0.39 is 51.7 Å². The SMILES string of the molecule is Nc1nccc(Oc2cc(NC(=O)Nc3ccc(Cl)c(C(F)(F)F)c3)cc(C(F)(F)F)c2)c1N=O. The molecule has 3 rings (SSSR count). The number of urea groups is 1. The summed E-state index contributed by atoms with van der Waals surface area (Å²) in [5.74, 6) is -1.09. The summed E-state index contributed by atoms with van der Waals surface area (Å²) in [5.41, 5.74) is 1.82. The van der Waals surface area contributed by atoms with Crippen LogP contribution in [0.5, 0.6) is 11.5 Å². The summed E-state index contributed by atoms with van der Waals surface area (Å²) >= 11 is 5.52. The molecular weight excluding hydrogens is 508 g/mol. The van der Waals surface area contributed by atoms with Crippen LogP contribution in [0.15, 0.2) is 53.8 Å². The number of carbonyl (C=O) groups is 1. The van der Waals surface area contributed by atoms with Crippen molar-refractivity contribution in [1.29, 1.82) is 0 Å². The first-order valence-electron chi connectivity index (χ1n) is 9.20. The summed E-state index contributed by atoms with van der Waals surface area (Å²) in [7, 11) is 0. The van der Waals surface area contributed by atoms with Gasteiger partial charge in [-0.25, -0.2) is 9.78 Å². The number of nitrogen functional groups attached to an aromatic ring is 1. The summed E-state index contributed by atoms with van der Waals surface area (Å²) in [5, 5.41) is 6.17. The van der Waals surface area contributed by atoms with Crippen molar-refractivity contribution in [2.75, 3.05) is 16.4 Å². The van der Waals surface area contributed by atoms with Crippen LogP contribution in [0, 0.1) is 4.91 Å². The third-order valence-corrected chi connectivity index (χ3v) is 4.59. The predicted molar refractivity (Wildman–Crippen MR) is 115 cm³/mol. The van der Waals surface area contributed by atoms with Gasteiger partial charge in [-0.2, -0.15) is 26.3 Å². The van der Waals surface area contributed by atoms with Crippen LogP contribution >= 0.6 is 11.6 Å². The Morgan fingerprint density at radius 2 is 1.66 bits per heavy atom. The zero-order chi connectivity index (χ0) is 26.0. The molecule has 0 atom stereocenters. The number of amides is 2. The lowest BCUT2D eigenvalue weighted by Gasteiger charge is -2.15. The number of benzene rings is 2. The van der Waals surface area contributed by atoms with Crippen molar-refractivity contribution in [2.24, 2.45) is 5.18 Å². The van der Waals surface area contributed by atoms with E-state index in [1.54, 1.807) is 0 Å². The van der Waals surface area contributed by atoms with Crippen LogP contribution in [0.1, 0.15) is 11.1 Å². The molecule has 0 saturated heterocycles. The van der Waals surface area contributed by atoms with Crippen LogP contribution in [0.2, 0.25) is 5.02 Å². The molecule has 0 fully saturated rings. The van der Waals surface area contributed by atoms with Crippen molar-refractivity contribution >= 4 is 40.5 Å². The minimum Gasteiger partial charge on any atom is -0.455 e. The van der Waals surface area contributed by atoms with Gasteiger partial charge in [0.25, 0.3) is 0 Å². The minimum absolute atomic E-state index is 0.303. The Hall–Kier alpha value is -4.07. The maximum absolute atomic E-state index is 13.4. The highest BCUT2D eigenvalue weighted by molar-refractivity contribution is 6.31. The van der Waals surface area contributed by atoms with E-state index in [1.807, 2.05) is 0 Å². The van der Waals surface area contributed by atoms with Gasteiger partial charge >= 0.3 is 18.4 Å². The maximum atomic E-state index is 13.4. The minimum atomic E-state index is -4.87. The summed E-state index contributed by atoms with van der Waals surface area (Å²) < 4.78 is 84.4. The van der Waals surface area contributed by atoms with Crippen LogP contribution in [0.25, 0.3) is 0 Å². The Morgan fingerprint density at radius 1 is 0.971 bits per heavy atom. The number of nitrogens with one attached hydrogen (secondary N) is 2. The van der Waals surface area contributed by atoms with E-state index in [9.17, 15) is 36.0 Å². The molecule has 0 bridgehead atoms. The average Bonchev–Trinajstić information content (AvgIpc) is 2.73. The monoisotopic (exact) mass is 519 g/mol. The molecule has 0 radical (unpaired) electrons. The lowest BCUT2D eigenvalue weighted by molar-refractivity contribution is -0.138. The highest BCUT2D eigenvalue weighted by Gasteiger charge is 2.34. The van der Waals surface area contributed by atoms with Gasteiger partial charge in [-0.1, -0.05) is 11.6 Å². The van der Waals surface area contributed by atoms with Gasteiger partial charge in [0.05, 0.1) is 16.1 Å². The molecule has 0 spiro atoms. The smallest absolute Gasteiger partial charge is 0.417 e. The molecule has 15 heteroatoms. The van der Waals surface area contributed by atoms with Gasteiger partial charge in [0, 0.05) is 29.7 Å². The number of pyridine rings is 1. The van der Waals surface area contributed by atoms with Crippen LogP contribution in [0.3, 0.4) is 0 Å². The summed E-state index contributed by atoms with van der Waals surface area (Å²) in [6.07, 6.45) is -8.54. The van der Waals surface area contributed by atoms with Crippen molar-refractivity contribution in [3.05, 3.63) is 69.7 Å². The van der Waals surface area contributed by atoms with Gasteiger partial charge in [-0.3, -0.25) is 0 Å². The van der Waals surface area contributed by atoms with Crippen molar-refractivity contribution in [3.63, 3.8) is 0 Å². The Balaban J connectivity index is 1.89. The lowest BCUT2D eigenvalue weighted by atomic mass is 10.1. The average molecular weight is 520 g/mol. The van der Waals surface area contributed by atoms with Gasteiger partial charge in [0.15, 0.2) is 17.3 Å². The zero-order valence-electron chi connectivity index (χ0n) is 17.0. The molecule has 35 heavy (non-hydrogen) atoms. The van der Waals surface area contributed by atoms with Crippen LogP contribution < -0.4 is 21.1 Å². The first-order valence-corrected chi connectivity index (χ1v) is 9.58. The second-order valence-electron chi connectivity index (χ2n) is 6.75. The number of nitrogens with zero attached hydrogens (tertiary/aromatic N) is 2. The Kier molecular flexibility index (Phi) is 7.05. The number of halogens is 7. The quantitative estimate of drug-likeness (QED) is 0.243. The molecule has 0 aliphatic rings. The number of aromatic nitrogens is 1. The summed E-state index contributed by atoms with van der Waals surface area (Å²) in [6.45, 7) is 0. The Labute approximate surface area is 197 Å². The highest BCUT2D eigenvalue weighted by Crippen LogP contribution is 2.39. The number of nitrogens with two attached hydrogens (primary N) is 1. The van der Waals surface area contributed by atoms with E-state index in [-0.39, 0.29) is 17.3 Å². The molecule has 1 aromatic heterocycles. The first kappa shape index (κ1) is 25.6. The van der Waals surface area contributed by atoms with E-state index in [1.165, 1.54) is 0 Å². The van der Waals surface area contributed by atoms with E-state index in [0.717, 1.165) is 30.5 Å². The first-order chi connectivity index (χ1) is 16.3. The van der Waals surface area contributed by atoms with Gasteiger partial charge in [0.1, 0.15) is 5.75 Å². The largest absolute Gasteiger partial charge is 0.455 e. The van der Waals surface area contributed by atoms with Gasteiger partial charge in [0.2, 0.25) is 0 Å². The van der Waals surface area contributed by atoms with Gasteiger partial charge < -0.3 is 21.1 Å². The van der Waals surface area contributed by atoms with Crippen LogP contribution in [0.4, 0.5) is 54.0 Å². The molecule has 2 aromatic carbocycles. The van der Waals surface area contributed by atoms with E-state index in [2.05, 4.69) is 20.8 Å². The second kappa shape index (κ2) is 9.66. The van der Waals surface area contributed by atoms with E-state index in [0.29, 0.717) is 18.2 Å². The molecular formula is C20H12ClF6N5O3. The van der Waals surface area contributed by atoms with Crippen molar-refractivity contribution < 1.29 is 35.9 Å². The molecule has 0 saturated carbocycles. The predicted octanol–water partition coefficient (Wildman–Crippen LogP) is 7.19. The molecule has 1 heterocycles. The fourth-order valence-corrected chi connectivity index (χ4v) is 2.98. The summed E-state index contributed by atoms with van der Waals surface area (Å²) in [6, 6.07) is 4.63. The molecule has 8 nitrogen and oxygen atoms in total. The lowest BCUT2D eigenvalue weighted by Crippen LogP contribution is -2.20. The number of alkyl halides is 6. The fourth-order valence-electron chi connectivity index (χ4n) is 2.76. The normalized spacial score (nSPS) is 11.6.